The van der Waals surface area contributed by atoms with Gasteiger partial charge in [-0.2, -0.15) is 9.61 Å². The van der Waals surface area contributed by atoms with Crippen LogP contribution in [0.15, 0.2) is 48.5 Å². The van der Waals surface area contributed by atoms with Crippen LogP contribution in [0.5, 0.6) is 5.75 Å². The van der Waals surface area contributed by atoms with Gasteiger partial charge in [0, 0.05) is 17.2 Å². The van der Waals surface area contributed by atoms with Gasteiger partial charge in [0.15, 0.2) is 16.6 Å². The number of aromatic nitrogens is 4. The van der Waals surface area contributed by atoms with Crippen LogP contribution < -0.4 is 4.74 Å². The molecule has 0 radical (unpaired) electrons. The highest BCUT2D eigenvalue weighted by Crippen LogP contribution is 2.25. The molecule has 0 atom stereocenters. The number of halogens is 1. The average Bonchev–Trinajstić information content (AvgIpc) is 2.99. The van der Waals surface area contributed by atoms with Gasteiger partial charge in [0.2, 0.25) is 0 Å². The molecule has 5 nitrogen and oxygen atoms in total. The lowest BCUT2D eigenvalue weighted by Crippen LogP contribution is -2.01. The Morgan fingerprint density at radius 2 is 1.74 bits per heavy atom. The van der Waals surface area contributed by atoms with Crippen molar-refractivity contribution in [2.75, 3.05) is 7.11 Å². The van der Waals surface area contributed by atoms with Crippen molar-refractivity contribution in [3.05, 3.63) is 65.1 Å². The first-order valence-electron chi connectivity index (χ1n) is 7.18. The lowest BCUT2D eigenvalue weighted by molar-refractivity contribution is 0.414. The van der Waals surface area contributed by atoms with Gasteiger partial charge in [-0.3, -0.25) is 0 Å². The van der Waals surface area contributed by atoms with E-state index in [9.17, 15) is 0 Å². The highest BCUT2D eigenvalue weighted by atomic mass is 35.5. The second-order valence-corrected chi connectivity index (χ2v) is 5.57. The number of fused-ring (bicyclic) bond motifs is 3. The second-order valence-electron chi connectivity index (χ2n) is 5.21. The molecular weight excluding hydrogens is 312 g/mol. The molecule has 0 fully saturated rings. The molecule has 6 heteroatoms. The first-order valence-corrected chi connectivity index (χ1v) is 7.55. The number of methoxy groups -OCH3 is 1. The Morgan fingerprint density at radius 1 is 1.00 bits per heavy atom. The van der Waals surface area contributed by atoms with E-state index in [4.69, 9.17) is 16.3 Å². The topological polar surface area (TPSA) is 52.3 Å². The third kappa shape index (κ3) is 2.39. The third-order valence-electron chi connectivity index (χ3n) is 3.80. The maximum absolute atomic E-state index is 6.30. The van der Waals surface area contributed by atoms with Gasteiger partial charge < -0.3 is 4.74 Å². The van der Waals surface area contributed by atoms with Crippen LogP contribution in [0.25, 0.3) is 16.4 Å². The molecule has 114 valence electrons. The molecule has 0 aliphatic carbocycles. The zero-order chi connectivity index (χ0) is 15.8. The average molecular weight is 325 g/mol. The third-order valence-corrected chi connectivity index (χ3v) is 4.08. The van der Waals surface area contributed by atoms with E-state index < -0.39 is 0 Å². The van der Waals surface area contributed by atoms with Crippen molar-refractivity contribution in [2.24, 2.45) is 0 Å². The summed E-state index contributed by atoms with van der Waals surface area (Å²) in [7, 11) is 1.65. The SMILES string of the molecule is COc1ccc(Cc2nnc3c4ccccc4c(Cl)nn23)cc1. The van der Waals surface area contributed by atoms with E-state index in [1.807, 2.05) is 48.5 Å². The van der Waals surface area contributed by atoms with Crippen molar-refractivity contribution in [2.45, 2.75) is 6.42 Å². The lowest BCUT2D eigenvalue weighted by atomic mass is 10.1. The molecule has 0 aliphatic rings. The highest BCUT2D eigenvalue weighted by molar-refractivity contribution is 6.34. The number of hydrogen-bond donors (Lipinski definition) is 0. The van der Waals surface area contributed by atoms with Crippen LogP contribution in [0.4, 0.5) is 0 Å². The molecule has 0 amide bonds. The van der Waals surface area contributed by atoms with Gasteiger partial charge in [-0.1, -0.05) is 48.0 Å². The van der Waals surface area contributed by atoms with Crippen molar-refractivity contribution in [3.63, 3.8) is 0 Å². The summed E-state index contributed by atoms with van der Waals surface area (Å²) in [6.45, 7) is 0. The summed E-state index contributed by atoms with van der Waals surface area (Å²) in [6, 6.07) is 15.7. The predicted octanol–water partition coefficient (Wildman–Crippen LogP) is 3.53. The molecule has 23 heavy (non-hydrogen) atoms. The van der Waals surface area contributed by atoms with Crippen LogP contribution in [0, 0.1) is 0 Å². The number of ether oxygens (including phenoxy) is 1. The van der Waals surface area contributed by atoms with E-state index in [2.05, 4.69) is 15.3 Å². The Morgan fingerprint density at radius 3 is 2.48 bits per heavy atom. The quantitative estimate of drug-likeness (QED) is 0.578. The second kappa shape index (κ2) is 5.52. The van der Waals surface area contributed by atoms with Crippen LogP contribution in [-0.4, -0.2) is 26.9 Å². The Kier molecular flexibility index (Phi) is 3.35. The van der Waals surface area contributed by atoms with Crippen LogP contribution in [0.3, 0.4) is 0 Å². The molecule has 0 spiro atoms. The van der Waals surface area contributed by atoms with Gasteiger partial charge >= 0.3 is 0 Å². The summed E-state index contributed by atoms with van der Waals surface area (Å²) in [4.78, 5) is 0. The van der Waals surface area contributed by atoms with Gasteiger partial charge in [-0.15, -0.1) is 10.2 Å². The van der Waals surface area contributed by atoms with Gasteiger partial charge in [0.05, 0.1) is 7.11 Å². The molecule has 0 saturated carbocycles. The maximum Gasteiger partial charge on any atom is 0.185 e. The van der Waals surface area contributed by atoms with E-state index in [0.717, 1.165) is 27.9 Å². The Bertz CT molecular complexity index is 995. The molecular formula is C17H13ClN4O. The van der Waals surface area contributed by atoms with E-state index in [-0.39, 0.29) is 0 Å². The van der Waals surface area contributed by atoms with Crippen LogP contribution in [-0.2, 0) is 6.42 Å². The molecule has 2 aromatic heterocycles. The lowest BCUT2D eigenvalue weighted by Gasteiger charge is -2.04. The van der Waals surface area contributed by atoms with Crippen LogP contribution in [0.2, 0.25) is 5.15 Å². The van der Waals surface area contributed by atoms with Crippen molar-refractivity contribution in [1.29, 1.82) is 0 Å². The van der Waals surface area contributed by atoms with Crippen LogP contribution in [0.1, 0.15) is 11.4 Å². The standard InChI is InChI=1S/C17H13ClN4O/c1-23-12-8-6-11(7-9-12)10-15-19-20-17-14-5-3-2-4-13(14)16(18)21-22(15)17/h2-9H,10H2,1H3. The monoisotopic (exact) mass is 324 g/mol. The molecule has 2 aromatic carbocycles. The molecule has 0 bridgehead atoms. The Labute approximate surface area is 137 Å². The predicted molar refractivity (Wildman–Crippen MR) is 89.1 cm³/mol. The molecule has 0 saturated heterocycles. The first kappa shape index (κ1) is 14.0. The smallest absolute Gasteiger partial charge is 0.185 e. The zero-order valence-corrected chi connectivity index (χ0v) is 13.2. The van der Waals surface area contributed by atoms with Gasteiger partial charge in [-0.25, -0.2) is 0 Å². The van der Waals surface area contributed by atoms with Gasteiger partial charge in [0.1, 0.15) is 5.75 Å². The van der Waals surface area contributed by atoms with E-state index >= 15 is 0 Å². The van der Waals surface area contributed by atoms with E-state index in [1.54, 1.807) is 11.6 Å². The van der Waals surface area contributed by atoms with Crippen molar-refractivity contribution in [3.8, 4) is 5.75 Å². The summed E-state index contributed by atoms with van der Waals surface area (Å²) in [5, 5.41) is 15.3. The normalized spacial score (nSPS) is 11.2. The number of nitrogens with zero attached hydrogens (tertiary/aromatic N) is 4. The Balaban J connectivity index is 1.81. The van der Waals surface area contributed by atoms with Crippen molar-refractivity contribution in [1.82, 2.24) is 19.8 Å². The minimum Gasteiger partial charge on any atom is -0.497 e. The van der Waals surface area contributed by atoms with Crippen molar-refractivity contribution < 1.29 is 4.74 Å². The summed E-state index contributed by atoms with van der Waals surface area (Å²) in [5.74, 6) is 1.57. The molecule has 4 rings (SSSR count). The van der Waals surface area contributed by atoms with E-state index in [1.165, 1.54) is 0 Å². The molecule has 0 aliphatic heterocycles. The number of benzene rings is 2. The molecule has 2 heterocycles. The Hall–Kier alpha value is -2.66. The fourth-order valence-corrected chi connectivity index (χ4v) is 2.86. The molecule has 0 N–H and O–H groups in total. The molecule has 0 unspecified atom stereocenters. The molecule has 4 aromatic rings. The fourth-order valence-electron chi connectivity index (χ4n) is 2.62. The zero-order valence-electron chi connectivity index (χ0n) is 12.4. The summed E-state index contributed by atoms with van der Waals surface area (Å²) in [5.41, 5.74) is 1.82. The van der Waals surface area contributed by atoms with Crippen LogP contribution >= 0.6 is 11.6 Å². The summed E-state index contributed by atoms with van der Waals surface area (Å²) < 4.78 is 6.89. The van der Waals surface area contributed by atoms with Gasteiger partial charge in [0.25, 0.3) is 0 Å². The largest absolute Gasteiger partial charge is 0.497 e. The van der Waals surface area contributed by atoms with Crippen molar-refractivity contribution >= 4 is 28.0 Å². The number of rotatable bonds is 3. The van der Waals surface area contributed by atoms with Gasteiger partial charge in [-0.05, 0) is 17.7 Å². The maximum atomic E-state index is 6.30. The minimum atomic E-state index is 0.448. The fraction of sp³-hybridized carbons (Fsp3) is 0.118. The summed E-state index contributed by atoms with van der Waals surface area (Å²) >= 11 is 6.30. The number of hydrogen-bond acceptors (Lipinski definition) is 4. The summed E-state index contributed by atoms with van der Waals surface area (Å²) in [6.07, 6.45) is 0.618. The van der Waals surface area contributed by atoms with E-state index in [0.29, 0.717) is 17.2 Å². The highest BCUT2D eigenvalue weighted by Gasteiger charge is 2.13. The minimum absolute atomic E-state index is 0.448. The first-order chi connectivity index (χ1) is 11.3.